The normalized spacial score (nSPS) is 19.8. The number of likely N-dealkylation sites (tertiary alicyclic amines) is 1. The molecule has 0 aliphatic carbocycles. The molecule has 1 aromatic rings. The number of carbonyl (C=O) groups excluding carboxylic acids is 1. The first-order valence-electron chi connectivity index (χ1n) is 5.74. The third-order valence-corrected chi connectivity index (χ3v) is 3.09. The molecule has 4 nitrogen and oxygen atoms in total. The van der Waals surface area contributed by atoms with Gasteiger partial charge in [0.05, 0.1) is 7.11 Å². The van der Waals surface area contributed by atoms with Gasteiger partial charge in [0, 0.05) is 32.0 Å². The summed E-state index contributed by atoms with van der Waals surface area (Å²) in [6, 6.07) is 7.69. The van der Waals surface area contributed by atoms with Gasteiger partial charge < -0.3 is 14.7 Å². The van der Waals surface area contributed by atoms with Gasteiger partial charge in [0.25, 0.3) is 0 Å². The second-order valence-electron chi connectivity index (χ2n) is 4.38. The molecule has 4 heteroatoms. The van der Waals surface area contributed by atoms with E-state index in [2.05, 4.69) is 0 Å². The van der Waals surface area contributed by atoms with Gasteiger partial charge in [-0.15, -0.1) is 0 Å². The average molecular weight is 235 g/mol. The van der Waals surface area contributed by atoms with Gasteiger partial charge in [0.15, 0.2) is 0 Å². The number of aliphatic hydroxyl groups excluding tert-OH is 1. The fourth-order valence-electron chi connectivity index (χ4n) is 2.08. The molecule has 0 radical (unpaired) electrons. The number of benzene rings is 1. The van der Waals surface area contributed by atoms with Crippen LogP contribution < -0.4 is 4.74 Å². The van der Waals surface area contributed by atoms with Crippen molar-refractivity contribution in [3.8, 4) is 5.75 Å². The van der Waals surface area contributed by atoms with E-state index in [1.807, 2.05) is 24.3 Å². The van der Waals surface area contributed by atoms with Crippen molar-refractivity contribution in [3.05, 3.63) is 29.8 Å². The highest BCUT2D eigenvalue weighted by molar-refractivity contribution is 5.78. The highest BCUT2D eigenvalue weighted by Crippen LogP contribution is 2.20. The van der Waals surface area contributed by atoms with Crippen LogP contribution >= 0.6 is 0 Å². The molecule has 1 aliphatic heterocycles. The van der Waals surface area contributed by atoms with E-state index in [1.165, 1.54) is 0 Å². The summed E-state index contributed by atoms with van der Waals surface area (Å²) in [5, 5.41) is 9.04. The standard InChI is InChI=1S/C13H17NO3/c1-17-12-4-2-10(3-5-12)7-14-8-11(9-15)6-13(14)16/h2-5,11,15H,6-9H2,1H3. The lowest BCUT2D eigenvalue weighted by atomic mass is 10.1. The Balaban J connectivity index is 1.98. The summed E-state index contributed by atoms with van der Waals surface area (Å²) < 4.78 is 5.08. The van der Waals surface area contributed by atoms with Crippen molar-refractivity contribution in [1.29, 1.82) is 0 Å². The molecule has 2 rings (SSSR count). The molecule has 1 heterocycles. The molecule has 1 aromatic carbocycles. The second-order valence-corrected chi connectivity index (χ2v) is 4.38. The Kier molecular flexibility index (Phi) is 3.64. The topological polar surface area (TPSA) is 49.8 Å². The van der Waals surface area contributed by atoms with Crippen LogP contribution in [0.15, 0.2) is 24.3 Å². The molecule has 0 saturated carbocycles. The third-order valence-electron chi connectivity index (χ3n) is 3.09. The number of amides is 1. The molecule has 1 amide bonds. The van der Waals surface area contributed by atoms with Gasteiger partial charge >= 0.3 is 0 Å². The van der Waals surface area contributed by atoms with Crippen molar-refractivity contribution in [2.75, 3.05) is 20.3 Å². The molecular weight excluding hydrogens is 218 g/mol. The lowest BCUT2D eigenvalue weighted by Gasteiger charge is -2.16. The Hall–Kier alpha value is -1.55. The Bertz CT molecular complexity index is 388. The highest BCUT2D eigenvalue weighted by atomic mass is 16.5. The van der Waals surface area contributed by atoms with Crippen LogP contribution in [0.2, 0.25) is 0 Å². The predicted molar refractivity (Wildman–Crippen MR) is 63.6 cm³/mol. The number of hydrogen-bond acceptors (Lipinski definition) is 3. The van der Waals surface area contributed by atoms with Gasteiger partial charge in [-0.2, -0.15) is 0 Å². The van der Waals surface area contributed by atoms with Crippen molar-refractivity contribution >= 4 is 5.91 Å². The van der Waals surface area contributed by atoms with Crippen LogP contribution in [0.3, 0.4) is 0 Å². The summed E-state index contributed by atoms with van der Waals surface area (Å²) in [6.07, 6.45) is 0.465. The molecule has 92 valence electrons. The van der Waals surface area contributed by atoms with Crippen LogP contribution in [-0.2, 0) is 11.3 Å². The van der Waals surface area contributed by atoms with E-state index >= 15 is 0 Å². The van der Waals surface area contributed by atoms with Gasteiger partial charge in [-0.1, -0.05) is 12.1 Å². The summed E-state index contributed by atoms with van der Waals surface area (Å²) in [4.78, 5) is 13.5. The van der Waals surface area contributed by atoms with Crippen molar-refractivity contribution in [3.63, 3.8) is 0 Å². The van der Waals surface area contributed by atoms with Crippen LogP contribution in [0.1, 0.15) is 12.0 Å². The Labute approximate surface area is 101 Å². The first kappa shape index (κ1) is 11.9. The zero-order valence-electron chi connectivity index (χ0n) is 9.93. The first-order chi connectivity index (χ1) is 8.22. The fraction of sp³-hybridized carbons (Fsp3) is 0.462. The van der Waals surface area contributed by atoms with E-state index in [0.29, 0.717) is 19.5 Å². The zero-order chi connectivity index (χ0) is 12.3. The van der Waals surface area contributed by atoms with Gasteiger partial charge in [-0.3, -0.25) is 4.79 Å². The third kappa shape index (κ3) is 2.77. The molecule has 1 fully saturated rings. The van der Waals surface area contributed by atoms with Gasteiger partial charge in [-0.05, 0) is 17.7 Å². The van der Waals surface area contributed by atoms with E-state index < -0.39 is 0 Å². The maximum atomic E-state index is 11.7. The van der Waals surface area contributed by atoms with Gasteiger partial charge in [-0.25, -0.2) is 0 Å². The Morgan fingerprint density at radius 2 is 2.12 bits per heavy atom. The van der Waals surface area contributed by atoms with Crippen LogP contribution in [-0.4, -0.2) is 36.2 Å². The highest BCUT2D eigenvalue weighted by Gasteiger charge is 2.28. The molecule has 1 aliphatic rings. The molecular formula is C13H17NO3. The van der Waals surface area contributed by atoms with Crippen LogP contribution in [0.25, 0.3) is 0 Å². The maximum Gasteiger partial charge on any atom is 0.223 e. The van der Waals surface area contributed by atoms with Crippen LogP contribution in [0.4, 0.5) is 0 Å². The molecule has 0 bridgehead atoms. The SMILES string of the molecule is COc1ccc(CN2CC(CO)CC2=O)cc1. The number of carbonyl (C=O) groups is 1. The number of methoxy groups -OCH3 is 1. The monoisotopic (exact) mass is 235 g/mol. The molecule has 0 spiro atoms. The summed E-state index contributed by atoms with van der Waals surface area (Å²) in [5.74, 6) is 1.04. The van der Waals surface area contributed by atoms with E-state index in [9.17, 15) is 4.79 Å². The molecule has 1 unspecified atom stereocenters. The molecule has 0 aromatic heterocycles. The molecule has 1 N–H and O–H groups in total. The maximum absolute atomic E-state index is 11.7. The van der Waals surface area contributed by atoms with E-state index in [0.717, 1.165) is 11.3 Å². The predicted octanol–water partition coefficient (Wildman–Crippen LogP) is 1.04. The van der Waals surface area contributed by atoms with E-state index in [-0.39, 0.29) is 18.4 Å². The van der Waals surface area contributed by atoms with Crippen LogP contribution in [0, 0.1) is 5.92 Å². The van der Waals surface area contributed by atoms with Gasteiger partial charge in [0.1, 0.15) is 5.75 Å². The first-order valence-corrected chi connectivity index (χ1v) is 5.74. The van der Waals surface area contributed by atoms with Crippen molar-refractivity contribution in [2.45, 2.75) is 13.0 Å². The Morgan fingerprint density at radius 1 is 1.41 bits per heavy atom. The van der Waals surface area contributed by atoms with Crippen LogP contribution in [0.5, 0.6) is 5.75 Å². The van der Waals surface area contributed by atoms with E-state index in [4.69, 9.17) is 9.84 Å². The zero-order valence-corrected chi connectivity index (χ0v) is 9.93. The number of ether oxygens (including phenoxy) is 1. The summed E-state index contributed by atoms with van der Waals surface area (Å²) in [6.45, 7) is 1.35. The number of nitrogens with zero attached hydrogens (tertiary/aromatic N) is 1. The smallest absolute Gasteiger partial charge is 0.223 e. The minimum absolute atomic E-state index is 0.0881. The van der Waals surface area contributed by atoms with E-state index in [1.54, 1.807) is 12.0 Å². The second kappa shape index (κ2) is 5.19. The summed E-state index contributed by atoms with van der Waals surface area (Å²) in [5.41, 5.74) is 1.08. The molecule has 1 atom stereocenters. The summed E-state index contributed by atoms with van der Waals surface area (Å²) >= 11 is 0. The number of rotatable bonds is 4. The number of aliphatic hydroxyl groups is 1. The largest absolute Gasteiger partial charge is 0.497 e. The summed E-state index contributed by atoms with van der Waals surface area (Å²) in [7, 11) is 1.63. The molecule has 1 saturated heterocycles. The van der Waals surface area contributed by atoms with Crippen molar-refractivity contribution in [1.82, 2.24) is 4.90 Å². The quantitative estimate of drug-likeness (QED) is 0.848. The van der Waals surface area contributed by atoms with Crippen molar-refractivity contribution < 1.29 is 14.6 Å². The fourth-order valence-corrected chi connectivity index (χ4v) is 2.08. The Morgan fingerprint density at radius 3 is 2.65 bits per heavy atom. The minimum atomic E-state index is 0.0881. The average Bonchev–Trinajstić information content (AvgIpc) is 2.71. The lowest BCUT2D eigenvalue weighted by molar-refractivity contribution is -0.128. The minimum Gasteiger partial charge on any atom is -0.497 e. The van der Waals surface area contributed by atoms with Crippen molar-refractivity contribution in [2.24, 2.45) is 5.92 Å². The molecule has 17 heavy (non-hydrogen) atoms. The van der Waals surface area contributed by atoms with Gasteiger partial charge in [0.2, 0.25) is 5.91 Å². The lowest BCUT2D eigenvalue weighted by Crippen LogP contribution is -2.24. The number of hydrogen-bond donors (Lipinski definition) is 1.